The fourth-order valence-corrected chi connectivity index (χ4v) is 2.86. The molecule has 1 aromatic heterocycles. The minimum Gasteiger partial charge on any atom is -0.350 e. The molecule has 0 aromatic carbocycles. The van der Waals surface area contributed by atoms with Gasteiger partial charge >= 0.3 is 5.69 Å². The van der Waals surface area contributed by atoms with Crippen molar-refractivity contribution in [3.63, 3.8) is 0 Å². The lowest BCUT2D eigenvalue weighted by Gasteiger charge is -2.35. The molecule has 1 atom stereocenters. The first-order valence-corrected chi connectivity index (χ1v) is 7.61. The number of aromatic nitrogens is 2. The summed E-state index contributed by atoms with van der Waals surface area (Å²) >= 11 is 0. The first kappa shape index (κ1) is 16.4. The van der Waals surface area contributed by atoms with Crippen molar-refractivity contribution in [3.8, 4) is 0 Å². The highest BCUT2D eigenvalue weighted by Crippen LogP contribution is 2.21. The number of aromatic amines is 1. The maximum absolute atomic E-state index is 12.1. The van der Waals surface area contributed by atoms with Crippen LogP contribution in [0.1, 0.15) is 42.9 Å². The van der Waals surface area contributed by atoms with Crippen LogP contribution >= 0.6 is 0 Å². The van der Waals surface area contributed by atoms with Gasteiger partial charge in [-0.05, 0) is 46.1 Å². The molecule has 1 saturated heterocycles. The SMILES string of the molecule is Cc1[nH]nc(C(=O)NCC2CCCN(C(C)C)C2)c1[N+](=O)[O-]. The standard InChI is InChI=1S/C14H23N5O3/c1-9(2)18-6-4-5-11(8-18)7-15-14(20)12-13(19(21)22)10(3)16-17-12/h9,11H,4-8H2,1-3H3,(H,15,20)(H,16,17). The van der Waals surface area contributed by atoms with Crippen molar-refractivity contribution in [2.45, 2.75) is 39.7 Å². The number of amides is 1. The second kappa shape index (κ2) is 6.87. The lowest BCUT2D eigenvalue weighted by Crippen LogP contribution is -2.43. The molecule has 1 amide bonds. The molecule has 2 heterocycles. The van der Waals surface area contributed by atoms with E-state index in [2.05, 4.69) is 34.3 Å². The van der Waals surface area contributed by atoms with Crippen LogP contribution in [0.4, 0.5) is 5.69 Å². The minimum atomic E-state index is -0.575. The summed E-state index contributed by atoms with van der Waals surface area (Å²) in [6, 6.07) is 0.494. The highest BCUT2D eigenvalue weighted by atomic mass is 16.6. The Morgan fingerprint density at radius 3 is 2.95 bits per heavy atom. The van der Waals surface area contributed by atoms with Gasteiger partial charge in [-0.3, -0.25) is 20.0 Å². The average molecular weight is 309 g/mol. The largest absolute Gasteiger partial charge is 0.350 e. The van der Waals surface area contributed by atoms with E-state index in [1.807, 2.05) is 0 Å². The molecule has 0 spiro atoms. The van der Waals surface area contributed by atoms with Gasteiger partial charge in [0.15, 0.2) is 0 Å². The topological polar surface area (TPSA) is 104 Å². The molecule has 1 fully saturated rings. The Kier molecular flexibility index (Phi) is 5.12. The first-order chi connectivity index (χ1) is 10.4. The van der Waals surface area contributed by atoms with Gasteiger partial charge in [0, 0.05) is 19.1 Å². The lowest BCUT2D eigenvalue weighted by molar-refractivity contribution is -0.385. The molecule has 8 nitrogen and oxygen atoms in total. The van der Waals surface area contributed by atoms with Crippen molar-refractivity contribution in [2.24, 2.45) is 5.92 Å². The number of nitrogens with one attached hydrogen (secondary N) is 2. The van der Waals surface area contributed by atoms with Crippen LogP contribution in [-0.2, 0) is 0 Å². The van der Waals surface area contributed by atoms with E-state index in [-0.39, 0.29) is 11.4 Å². The molecule has 1 aromatic rings. The van der Waals surface area contributed by atoms with Gasteiger partial charge in [0.05, 0.1) is 4.92 Å². The molecule has 1 aliphatic rings. The molecule has 0 aliphatic carbocycles. The van der Waals surface area contributed by atoms with Crippen LogP contribution in [0.15, 0.2) is 0 Å². The summed E-state index contributed by atoms with van der Waals surface area (Å²) in [6.45, 7) is 8.41. The van der Waals surface area contributed by atoms with E-state index in [0.717, 1.165) is 25.9 Å². The second-order valence-corrected chi connectivity index (χ2v) is 6.11. The van der Waals surface area contributed by atoms with Gasteiger partial charge in [-0.25, -0.2) is 0 Å². The summed E-state index contributed by atoms with van der Waals surface area (Å²) in [6.07, 6.45) is 2.17. The van der Waals surface area contributed by atoms with Crippen molar-refractivity contribution in [2.75, 3.05) is 19.6 Å². The number of likely N-dealkylation sites (tertiary alicyclic amines) is 1. The van der Waals surface area contributed by atoms with Crippen molar-refractivity contribution in [3.05, 3.63) is 21.5 Å². The van der Waals surface area contributed by atoms with E-state index in [0.29, 0.717) is 24.2 Å². The lowest BCUT2D eigenvalue weighted by atomic mass is 9.97. The first-order valence-electron chi connectivity index (χ1n) is 7.61. The number of nitrogens with zero attached hydrogens (tertiary/aromatic N) is 3. The number of nitro groups is 1. The summed E-state index contributed by atoms with van der Waals surface area (Å²) in [4.78, 5) is 24.9. The van der Waals surface area contributed by atoms with Crippen LogP contribution in [0.25, 0.3) is 0 Å². The zero-order valence-corrected chi connectivity index (χ0v) is 13.3. The number of rotatable bonds is 5. The maximum Gasteiger partial charge on any atom is 0.322 e. The van der Waals surface area contributed by atoms with Gasteiger partial charge in [-0.2, -0.15) is 5.10 Å². The van der Waals surface area contributed by atoms with Crippen molar-refractivity contribution >= 4 is 11.6 Å². The van der Waals surface area contributed by atoms with E-state index in [9.17, 15) is 14.9 Å². The zero-order chi connectivity index (χ0) is 16.3. The normalized spacial score (nSPS) is 19.4. The zero-order valence-electron chi connectivity index (χ0n) is 13.3. The van der Waals surface area contributed by atoms with Gasteiger partial charge in [0.1, 0.15) is 5.69 Å². The Morgan fingerprint density at radius 1 is 1.59 bits per heavy atom. The molecular formula is C14H23N5O3. The van der Waals surface area contributed by atoms with E-state index in [1.165, 1.54) is 6.92 Å². The van der Waals surface area contributed by atoms with Crippen LogP contribution in [-0.4, -0.2) is 51.6 Å². The Bertz CT molecular complexity index is 555. The molecule has 122 valence electrons. The third-order valence-corrected chi connectivity index (χ3v) is 4.14. The number of piperidine rings is 1. The highest BCUT2D eigenvalue weighted by Gasteiger charge is 2.28. The molecule has 8 heteroatoms. The molecule has 1 unspecified atom stereocenters. The molecule has 22 heavy (non-hydrogen) atoms. The number of hydrogen-bond acceptors (Lipinski definition) is 5. The van der Waals surface area contributed by atoms with Crippen molar-refractivity contribution < 1.29 is 9.72 Å². The number of hydrogen-bond donors (Lipinski definition) is 2. The number of carbonyl (C=O) groups excluding carboxylic acids is 1. The van der Waals surface area contributed by atoms with Crippen molar-refractivity contribution in [1.29, 1.82) is 0 Å². The number of H-pyrrole nitrogens is 1. The third kappa shape index (κ3) is 3.62. The molecule has 0 radical (unpaired) electrons. The predicted molar refractivity (Wildman–Crippen MR) is 81.7 cm³/mol. The Balaban J connectivity index is 1.94. The van der Waals surface area contributed by atoms with Crippen LogP contribution in [0, 0.1) is 23.0 Å². The number of aryl methyl sites for hydroxylation is 1. The summed E-state index contributed by atoms with van der Waals surface area (Å²) in [5, 5.41) is 20.0. The molecule has 0 bridgehead atoms. The number of carbonyl (C=O) groups is 1. The van der Waals surface area contributed by atoms with Crippen LogP contribution in [0.3, 0.4) is 0 Å². The molecule has 2 rings (SSSR count). The smallest absolute Gasteiger partial charge is 0.322 e. The van der Waals surface area contributed by atoms with Gasteiger partial charge in [-0.15, -0.1) is 0 Å². The molecule has 0 saturated carbocycles. The summed E-state index contributed by atoms with van der Waals surface area (Å²) in [5.74, 6) is -0.114. The van der Waals surface area contributed by atoms with Crippen LogP contribution < -0.4 is 5.32 Å². The third-order valence-electron chi connectivity index (χ3n) is 4.14. The highest BCUT2D eigenvalue weighted by molar-refractivity contribution is 5.96. The summed E-state index contributed by atoms with van der Waals surface area (Å²) in [7, 11) is 0. The fourth-order valence-electron chi connectivity index (χ4n) is 2.86. The van der Waals surface area contributed by atoms with Crippen LogP contribution in [0.2, 0.25) is 0 Å². The maximum atomic E-state index is 12.1. The predicted octanol–water partition coefficient (Wildman–Crippen LogP) is 1.48. The minimum absolute atomic E-state index is 0.140. The van der Waals surface area contributed by atoms with E-state index in [4.69, 9.17) is 0 Å². The Morgan fingerprint density at radius 2 is 2.32 bits per heavy atom. The summed E-state index contributed by atoms with van der Waals surface area (Å²) in [5.41, 5.74) is -0.0947. The van der Waals surface area contributed by atoms with Crippen molar-refractivity contribution in [1.82, 2.24) is 20.4 Å². The molecular weight excluding hydrogens is 286 g/mol. The van der Waals surface area contributed by atoms with Gasteiger partial charge in [0.2, 0.25) is 5.69 Å². The van der Waals surface area contributed by atoms with E-state index >= 15 is 0 Å². The Labute approximate surface area is 129 Å². The second-order valence-electron chi connectivity index (χ2n) is 6.11. The average Bonchev–Trinajstić information content (AvgIpc) is 2.87. The van der Waals surface area contributed by atoms with Gasteiger partial charge < -0.3 is 10.2 Å². The van der Waals surface area contributed by atoms with E-state index < -0.39 is 10.8 Å². The Hall–Kier alpha value is -1.96. The summed E-state index contributed by atoms with van der Waals surface area (Å²) < 4.78 is 0. The molecule has 2 N–H and O–H groups in total. The monoisotopic (exact) mass is 309 g/mol. The van der Waals surface area contributed by atoms with Crippen LogP contribution in [0.5, 0.6) is 0 Å². The van der Waals surface area contributed by atoms with Gasteiger partial charge in [0.25, 0.3) is 5.91 Å². The van der Waals surface area contributed by atoms with E-state index in [1.54, 1.807) is 0 Å². The van der Waals surface area contributed by atoms with Gasteiger partial charge in [-0.1, -0.05) is 0 Å². The fraction of sp³-hybridized carbons (Fsp3) is 0.714. The molecule has 1 aliphatic heterocycles. The quantitative estimate of drug-likeness (QED) is 0.633.